The molecule has 2 aromatic rings. The zero-order valence-corrected chi connectivity index (χ0v) is 33.1. The maximum atomic E-state index is 14.3. The standard InChI is InChI=1S/C42H55ClFN3O9/c1-4-22-53-42-37(47(41(51)52-23-19-43)27-28-13-15-30(44)16-14-28)26-35(46-54-6-3)33-24-29(11-7-9-20-48)32(12-8-10-21-49)38(39(33)42)34-25-31(17-18-36(34)56-42)55-40(50)45-5-2/h4,13-18,24-25,29,32,37-39,48-49H,1,5-12,19-23,26-27H2,2-3H3,(H,45,50). The minimum Gasteiger partial charge on any atom is -0.459 e. The van der Waals surface area contributed by atoms with Crippen LogP contribution in [-0.2, 0) is 20.9 Å². The molecule has 1 fully saturated rings. The zero-order valence-electron chi connectivity index (χ0n) is 32.3. The van der Waals surface area contributed by atoms with E-state index >= 15 is 0 Å². The SMILES string of the molecule is C=CCOC12Oc3ccc(OC(=O)NCC)cc3C3C(CCCCO)C(CCCCO)C=C(C(=NOCC)CC1N(Cc1ccc(F)cc1)C(=O)OCCCl)C32. The third-order valence-corrected chi connectivity index (χ3v) is 10.8. The zero-order chi connectivity index (χ0) is 40.1. The van der Waals surface area contributed by atoms with Crippen molar-refractivity contribution >= 4 is 29.5 Å². The second-order valence-electron chi connectivity index (χ2n) is 14.2. The number of aliphatic hydroxyl groups is 2. The molecule has 1 heterocycles. The van der Waals surface area contributed by atoms with Crippen molar-refractivity contribution in [1.29, 1.82) is 0 Å². The van der Waals surface area contributed by atoms with Gasteiger partial charge in [-0.2, -0.15) is 0 Å². The number of rotatable bonds is 20. The number of nitrogens with zero attached hydrogens (tertiary/aromatic N) is 2. The van der Waals surface area contributed by atoms with Crippen molar-refractivity contribution in [2.45, 2.75) is 83.1 Å². The van der Waals surface area contributed by atoms with Crippen LogP contribution >= 0.6 is 11.6 Å². The topological polar surface area (TPSA) is 148 Å². The average Bonchev–Trinajstić information content (AvgIpc) is 3.19. The number of aliphatic hydroxyl groups excluding tert-OH is 2. The summed E-state index contributed by atoms with van der Waals surface area (Å²) in [5.41, 5.74) is 2.91. The fourth-order valence-corrected chi connectivity index (χ4v) is 8.52. The Balaban J connectivity index is 1.79. The van der Waals surface area contributed by atoms with Crippen molar-refractivity contribution in [2.75, 3.05) is 45.5 Å². The van der Waals surface area contributed by atoms with E-state index in [-0.39, 0.29) is 63.0 Å². The molecule has 3 aliphatic rings. The minimum atomic E-state index is -1.55. The average molecular weight is 800 g/mol. The number of oxime groups is 1. The molecule has 2 aliphatic carbocycles. The summed E-state index contributed by atoms with van der Waals surface area (Å²) in [6.07, 6.45) is 7.02. The quantitative estimate of drug-likeness (QED) is 0.0537. The smallest absolute Gasteiger partial charge is 0.412 e. The number of carbonyl (C=O) groups is 2. The van der Waals surface area contributed by atoms with E-state index in [1.54, 1.807) is 42.2 Å². The van der Waals surface area contributed by atoms with E-state index in [4.69, 9.17) is 35.4 Å². The molecule has 2 amide bonds. The molecule has 0 saturated heterocycles. The Labute approximate surface area is 333 Å². The summed E-state index contributed by atoms with van der Waals surface area (Å²) in [6, 6.07) is 10.3. The molecule has 0 spiro atoms. The number of nitrogens with one attached hydrogen (secondary N) is 1. The Morgan fingerprint density at radius 1 is 1.11 bits per heavy atom. The molecule has 0 radical (unpaired) electrons. The van der Waals surface area contributed by atoms with E-state index in [2.05, 4.69) is 23.1 Å². The molecule has 1 saturated carbocycles. The van der Waals surface area contributed by atoms with Crippen molar-refractivity contribution in [1.82, 2.24) is 10.2 Å². The molecule has 6 atom stereocenters. The normalized spacial score (nSPS) is 24.2. The first-order valence-corrected chi connectivity index (χ1v) is 20.2. The lowest BCUT2D eigenvalue weighted by molar-refractivity contribution is -0.256. The van der Waals surface area contributed by atoms with Crippen LogP contribution in [0.1, 0.15) is 75.8 Å². The summed E-state index contributed by atoms with van der Waals surface area (Å²) in [6.45, 7) is 8.44. The summed E-state index contributed by atoms with van der Waals surface area (Å²) < 4.78 is 39.6. The molecule has 5 rings (SSSR count). The van der Waals surface area contributed by atoms with Crippen molar-refractivity contribution in [3.8, 4) is 11.5 Å². The summed E-state index contributed by atoms with van der Waals surface area (Å²) in [7, 11) is 0. The summed E-state index contributed by atoms with van der Waals surface area (Å²) >= 11 is 6.00. The maximum Gasteiger partial charge on any atom is 0.412 e. The first-order valence-electron chi connectivity index (χ1n) is 19.6. The molecular weight excluding hydrogens is 745 g/mol. The number of fused-ring (bicyclic) bond motifs is 2. The molecule has 6 unspecified atom stereocenters. The van der Waals surface area contributed by atoms with Gasteiger partial charge in [0.05, 0.1) is 24.1 Å². The van der Waals surface area contributed by atoms with Crippen LogP contribution in [0, 0.1) is 23.6 Å². The first-order chi connectivity index (χ1) is 27.2. The molecule has 2 aromatic carbocycles. The van der Waals surface area contributed by atoms with Crippen molar-refractivity contribution in [2.24, 2.45) is 22.9 Å². The van der Waals surface area contributed by atoms with Gasteiger partial charge in [-0.05, 0) is 92.8 Å². The summed E-state index contributed by atoms with van der Waals surface area (Å²) in [5, 5.41) is 27.0. The molecule has 0 bridgehead atoms. The van der Waals surface area contributed by atoms with Crippen LogP contribution in [-0.4, -0.2) is 90.3 Å². The first kappa shape index (κ1) is 43.0. The highest BCUT2D eigenvalue weighted by Gasteiger charge is 2.65. The van der Waals surface area contributed by atoms with E-state index in [9.17, 15) is 24.2 Å². The Morgan fingerprint density at radius 2 is 1.86 bits per heavy atom. The second kappa shape index (κ2) is 20.8. The van der Waals surface area contributed by atoms with Gasteiger partial charge in [0, 0.05) is 44.2 Å². The van der Waals surface area contributed by atoms with Crippen molar-refractivity contribution in [3.05, 3.63) is 83.7 Å². The van der Waals surface area contributed by atoms with E-state index in [1.807, 2.05) is 13.0 Å². The molecule has 306 valence electrons. The molecule has 0 aromatic heterocycles. The number of alkyl halides is 1. The van der Waals surface area contributed by atoms with Crippen molar-refractivity contribution < 1.29 is 48.0 Å². The van der Waals surface area contributed by atoms with Gasteiger partial charge in [0.2, 0.25) is 5.79 Å². The van der Waals surface area contributed by atoms with E-state index in [0.717, 1.165) is 36.8 Å². The van der Waals surface area contributed by atoms with Crippen LogP contribution in [0.2, 0.25) is 0 Å². The van der Waals surface area contributed by atoms with E-state index < -0.39 is 35.8 Å². The number of benzene rings is 2. The van der Waals surface area contributed by atoms with E-state index in [1.165, 1.54) is 12.1 Å². The number of allylic oxidation sites excluding steroid dienone is 1. The number of ether oxygens (including phenoxy) is 4. The summed E-state index contributed by atoms with van der Waals surface area (Å²) in [4.78, 5) is 34.2. The summed E-state index contributed by atoms with van der Waals surface area (Å²) in [5.74, 6) is -2.00. The van der Waals surface area contributed by atoms with Crippen LogP contribution in [0.25, 0.3) is 0 Å². The van der Waals surface area contributed by atoms with Crippen LogP contribution in [0.5, 0.6) is 11.5 Å². The van der Waals surface area contributed by atoms with Gasteiger partial charge in [-0.15, -0.1) is 18.2 Å². The van der Waals surface area contributed by atoms with Gasteiger partial charge in [-0.1, -0.05) is 42.3 Å². The lowest BCUT2D eigenvalue weighted by Crippen LogP contribution is -2.70. The van der Waals surface area contributed by atoms with Gasteiger partial charge in [0.25, 0.3) is 0 Å². The molecule has 12 nitrogen and oxygen atoms in total. The van der Waals surface area contributed by atoms with Gasteiger partial charge >= 0.3 is 12.2 Å². The largest absolute Gasteiger partial charge is 0.459 e. The van der Waals surface area contributed by atoms with Gasteiger partial charge in [-0.25, -0.2) is 14.0 Å². The number of hydrogen-bond donors (Lipinski definition) is 3. The number of amides is 2. The maximum absolute atomic E-state index is 14.3. The van der Waals surface area contributed by atoms with Gasteiger partial charge < -0.3 is 39.3 Å². The molecule has 14 heteroatoms. The lowest BCUT2D eigenvalue weighted by Gasteiger charge is -2.59. The highest BCUT2D eigenvalue weighted by atomic mass is 35.5. The number of halogens is 2. The van der Waals surface area contributed by atoms with Crippen LogP contribution in [0.3, 0.4) is 0 Å². The minimum absolute atomic E-state index is 0.0138. The highest BCUT2D eigenvalue weighted by molar-refractivity contribution is 6.18. The fourth-order valence-electron chi connectivity index (χ4n) is 8.44. The third-order valence-electron chi connectivity index (χ3n) is 10.7. The second-order valence-corrected chi connectivity index (χ2v) is 14.5. The third kappa shape index (κ3) is 9.85. The van der Waals surface area contributed by atoms with E-state index in [0.29, 0.717) is 48.8 Å². The number of unbranched alkanes of at least 4 members (excludes halogenated alkanes) is 2. The highest BCUT2D eigenvalue weighted by Crippen LogP contribution is 2.62. The molecule has 3 N–H and O–H groups in total. The number of hydrogen-bond acceptors (Lipinski definition) is 10. The van der Waals surface area contributed by atoms with Gasteiger partial charge in [0.15, 0.2) is 0 Å². The lowest BCUT2D eigenvalue weighted by atomic mass is 9.55. The Bertz CT molecular complexity index is 1690. The fraction of sp³-hybridized carbons (Fsp3) is 0.548. The van der Waals surface area contributed by atoms with Gasteiger partial charge in [0.1, 0.15) is 36.6 Å². The van der Waals surface area contributed by atoms with Crippen LogP contribution in [0.4, 0.5) is 14.0 Å². The molecule has 1 aliphatic heterocycles. The molecular formula is C42H55ClFN3O9. The predicted octanol–water partition coefficient (Wildman–Crippen LogP) is 7.47. The monoisotopic (exact) mass is 799 g/mol. The number of carbonyl (C=O) groups excluding carboxylic acids is 2. The Kier molecular flexibility index (Phi) is 16.0. The van der Waals surface area contributed by atoms with Gasteiger partial charge in [-0.3, -0.25) is 4.90 Å². The molecule has 56 heavy (non-hydrogen) atoms. The van der Waals surface area contributed by atoms with Crippen molar-refractivity contribution in [3.63, 3.8) is 0 Å². The Morgan fingerprint density at radius 3 is 2.54 bits per heavy atom. The predicted molar refractivity (Wildman–Crippen MR) is 210 cm³/mol. The Hall–Kier alpha value is -4.17. The van der Waals surface area contributed by atoms with Crippen LogP contribution < -0.4 is 14.8 Å². The van der Waals surface area contributed by atoms with Crippen LogP contribution in [0.15, 0.2) is 71.9 Å².